The van der Waals surface area contributed by atoms with Crippen molar-refractivity contribution in [3.63, 3.8) is 0 Å². The van der Waals surface area contributed by atoms with E-state index in [0.29, 0.717) is 6.54 Å². The lowest BCUT2D eigenvalue weighted by Crippen LogP contribution is -2.28. The molecule has 0 spiro atoms. The van der Waals surface area contributed by atoms with Gasteiger partial charge in [-0.2, -0.15) is 0 Å². The number of carbonyl (C=O) groups excluding carboxylic acids is 1. The summed E-state index contributed by atoms with van der Waals surface area (Å²) in [6.45, 7) is 4.79. The molecule has 0 aromatic carbocycles. The quantitative estimate of drug-likeness (QED) is 0.596. The lowest BCUT2D eigenvalue weighted by molar-refractivity contribution is -0.105. The molecule has 2 aliphatic rings. The van der Waals surface area contributed by atoms with E-state index < -0.39 is 0 Å². The molecule has 0 unspecified atom stereocenters. The van der Waals surface area contributed by atoms with Crippen LogP contribution in [0.4, 0.5) is 0 Å². The van der Waals surface area contributed by atoms with E-state index in [1.165, 1.54) is 10.6 Å². The van der Waals surface area contributed by atoms with Gasteiger partial charge in [-0.05, 0) is 13.8 Å². The van der Waals surface area contributed by atoms with Crippen LogP contribution in [0.2, 0.25) is 0 Å². The van der Waals surface area contributed by atoms with Crippen LogP contribution in [0, 0.1) is 0 Å². The molecule has 68 valence electrons. The Morgan fingerprint density at radius 1 is 1.62 bits per heavy atom. The van der Waals surface area contributed by atoms with Gasteiger partial charge in [0.25, 0.3) is 0 Å². The third kappa shape index (κ3) is 1.31. The van der Waals surface area contributed by atoms with Crippen LogP contribution < -0.4 is 0 Å². The minimum absolute atomic E-state index is 0.665. The number of thioether (sulfide) groups is 1. The summed E-state index contributed by atoms with van der Waals surface area (Å²) in [5, 5.41) is 0.987. The molecule has 0 saturated heterocycles. The van der Waals surface area contributed by atoms with Gasteiger partial charge in [0.1, 0.15) is 6.29 Å². The van der Waals surface area contributed by atoms with Gasteiger partial charge in [-0.15, -0.1) is 0 Å². The van der Waals surface area contributed by atoms with Crippen molar-refractivity contribution in [2.24, 2.45) is 4.99 Å². The van der Waals surface area contributed by atoms with Crippen molar-refractivity contribution >= 4 is 23.2 Å². The van der Waals surface area contributed by atoms with E-state index in [0.717, 1.165) is 17.0 Å². The minimum Gasteiger partial charge on any atom is -0.319 e. The number of aldehydes is 1. The van der Waals surface area contributed by atoms with Crippen LogP contribution in [0.5, 0.6) is 0 Å². The standard InChI is InChI=1S/C9H10N2OS/c1-6-7(2)13-9-10-3-8(5-12)4-11(6)9/h3,5H,4H2,1-2H3. The van der Waals surface area contributed by atoms with Crippen LogP contribution in [-0.2, 0) is 4.79 Å². The molecule has 3 nitrogen and oxygen atoms in total. The predicted molar refractivity (Wildman–Crippen MR) is 54.3 cm³/mol. The van der Waals surface area contributed by atoms with E-state index in [2.05, 4.69) is 23.7 Å². The van der Waals surface area contributed by atoms with Gasteiger partial charge in [0.2, 0.25) is 0 Å². The highest BCUT2D eigenvalue weighted by molar-refractivity contribution is 8.17. The summed E-state index contributed by atoms with van der Waals surface area (Å²) in [5.41, 5.74) is 1.94. The number of fused-ring (bicyclic) bond motifs is 1. The van der Waals surface area contributed by atoms with Gasteiger partial charge in [-0.3, -0.25) is 4.79 Å². The first-order valence-corrected chi connectivity index (χ1v) is 4.89. The molecule has 0 atom stereocenters. The number of carbonyl (C=O) groups is 1. The Bertz CT molecular complexity index is 355. The lowest BCUT2D eigenvalue weighted by atomic mass is 10.2. The highest BCUT2D eigenvalue weighted by atomic mass is 32.2. The van der Waals surface area contributed by atoms with Gasteiger partial charge in [-0.25, -0.2) is 4.99 Å². The number of amidine groups is 1. The van der Waals surface area contributed by atoms with Gasteiger partial charge in [0, 0.05) is 22.4 Å². The lowest BCUT2D eigenvalue weighted by Gasteiger charge is -2.22. The summed E-state index contributed by atoms with van der Waals surface area (Å²) in [7, 11) is 0. The van der Waals surface area contributed by atoms with Crippen molar-refractivity contribution in [3.8, 4) is 0 Å². The zero-order valence-electron chi connectivity index (χ0n) is 7.57. The van der Waals surface area contributed by atoms with Crippen LogP contribution in [0.15, 0.2) is 27.4 Å². The smallest absolute Gasteiger partial charge is 0.173 e. The Balaban J connectivity index is 2.31. The molecular formula is C9H10N2OS. The molecule has 0 aromatic heterocycles. The van der Waals surface area contributed by atoms with Gasteiger partial charge < -0.3 is 4.90 Å². The highest BCUT2D eigenvalue weighted by Gasteiger charge is 2.26. The second-order valence-corrected chi connectivity index (χ2v) is 4.24. The number of nitrogens with zero attached hydrogens (tertiary/aromatic N) is 2. The van der Waals surface area contributed by atoms with E-state index in [1.54, 1.807) is 18.0 Å². The summed E-state index contributed by atoms with van der Waals surface area (Å²) in [6.07, 6.45) is 2.52. The molecule has 0 N–H and O–H groups in total. The molecule has 0 aliphatic carbocycles. The van der Waals surface area contributed by atoms with Crippen LogP contribution in [-0.4, -0.2) is 22.9 Å². The average molecular weight is 194 g/mol. The summed E-state index contributed by atoms with van der Waals surface area (Å²) >= 11 is 1.67. The molecule has 2 rings (SSSR count). The molecule has 0 amide bonds. The number of hydrogen-bond donors (Lipinski definition) is 0. The number of allylic oxidation sites excluding steroid dienone is 2. The van der Waals surface area contributed by atoms with Crippen LogP contribution in [0.3, 0.4) is 0 Å². The predicted octanol–water partition coefficient (Wildman–Crippen LogP) is 1.74. The summed E-state index contributed by atoms with van der Waals surface area (Å²) in [4.78, 5) is 18.1. The first kappa shape index (κ1) is 8.56. The Morgan fingerprint density at radius 3 is 3.08 bits per heavy atom. The molecule has 0 aromatic rings. The largest absolute Gasteiger partial charge is 0.319 e. The molecule has 0 saturated carbocycles. The Hall–Kier alpha value is -1.03. The fourth-order valence-corrected chi connectivity index (χ4v) is 2.26. The first-order chi connectivity index (χ1) is 6.22. The monoisotopic (exact) mass is 194 g/mol. The van der Waals surface area contributed by atoms with Crippen molar-refractivity contribution in [3.05, 3.63) is 22.4 Å². The topological polar surface area (TPSA) is 32.7 Å². The van der Waals surface area contributed by atoms with Crippen molar-refractivity contribution in [2.75, 3.05) is 6.54 Å². The molecule has 0 radical (unpaired) electrons. The van der Waals surface area contributed by atoms with Crippen molar-refractivity contribution in [1.29, 1.82) is 0 Å². The number of aliphatic imine (C=N–C) groups is 1. The van der Waals surface area contributed by atoms with Crippen LogP contribution in [0.25, 0.3) is 0 Å². The van der Waals surface area contributed by atoms with Crippen molar-refractivity contribution in [2.45, 2.75) is 13.8 Å². The van der Waals surface area contributed by atoms with Gasteiger partial charge in [0.05, 0.1) is 6.54 Å². The Labute approximate surface area is 81.2 Å². The third-order valence-electron chi connectivity index (χ3n) is 2.22. The third-order valence-corrected chi connectivity index (χ3v) is 3.33. The fraction of sp³-hybridized carbons (Fsp3) is 0.333. The molecule has 13 heavy (non-hydrogen) atoms. The fourth-order valence-electron chi connectivity index (χ4n) is 1.31. The van der Waals surface area contributed by atoms with E-state index in [1.807, 2.05) is 0 Å². The number of hydrogen-bond acceptors (Lipinski definition) is 4. The van der Waals surface area contributed by atoms with Crippen LogP contribution >= 0.6 is 11.8 Å². The molecule has 2 heterocycles. The normalized spacial score (nSPS) is 21.2. The first-order valence-electron chi connectivity index (χ1n) is 4.07. The van der Waals surface area contributed by atoms with Crippen molar-refractivity contribution in [1.82, 2.24) is 4.90 Å². The Kier molecular flexibility index (Phi) is 2.00. The number of rotatable bonds is 1. The molecule has 4 heteroatoms. The molecular weight excluding hydrogens is 184 g/mol. The van der Waals surface area contributed by atoms with E-state index in [4.69, 9.17) is 0 Å². The van der Waals surface area contributed by atoms with E-state index in [-0.39, 0.29) is 0 Å². The summed E-state index contributed by atoms with van der Waals surface area (Å²) in [5.74, 6) is 0. The Morgan fingerprint density at radius 2 is 2.38 bits per heavy atom. The second-order valence-electron chi connectivity index (χ2n) is 3.06. The van der Waals surface area contributed by atoms with E-state index >= 15 is 0 Å². The maximum absolute atomic E-state index is 10.5. The zero-order valence-corrected chi connectivity index (χ0v) is 8.39. The summed E-state index contributed by atoms with van der Waals surface area (Å²) < 4.78 is 0. The second kappa shape index (κ2) is 3.03. The minimum atomic E-state index is 0.665. The van der Waals surface area contributed by atoms with Crippen LogP contribution in [0.1, 0.15) is 13.8 Å². The summed E-state index contributed by atoms with van der Waals surface area (Å²) in [6, 6.07) is 0. The van der Waals surface area contributed by atoms with Gasteiger partial charge in [-0.1, -0.05) is 11.8 Å². The van der Waals surface area contributed by atoms with Crippen molar-refractivity contribution < 1.29 is 4.79 Å². The highest BCUT2D eigenvalue weighted by Crippen LogP contribution is 2.35. The molecule has 0 fully saturated rings. The van der Waals surface area contributed by atoms with E-state index in [9.17, 15) is 4.79 Å². The SMILES string of the molecule is CC1=C(C)N2CC(C=O)=CN=C2S1. The zero-order chi connectivity index (χ0) is 9.42. The molecule has 2 aliphatic heterocycles. The maximum atomic E-state index is 10.5. The molecule has 0 bridgehead atoms. The maximum Gasteiger partial charge on any atom is 0.173 e. The van der Waals surface area contributed by atoms with Gasteiger partial charge >= 0.3 is 0 Å². The van der Waals surface area contributed by atoms with Gasteiger partial charge in [0.15, 0.2) is 5.17 Å². The average Bonchev–Trinajstić information content (AvgIpc) is 2.43.